The zero-order valence-corrected chi connectivity index (χ0v) is 26.9. The fraction of sp³-hybridized carbons (Fsp3) is 0.545. The third-order valence-corrected chi connectivity index (χ3v) is 9.69. The molecule has 2 fully saturated rings. The van der Waals surface area contributed by atoms with E-state index in [1.54, 1.807) is 4.57 Å². The van der Waals surface area contributed by atoms with E-state index in [0.29, 0.717) is 23.3 Å². The molecule has 0 aromatic carbocycles. The summed E-state index contributed by atoms with van der Waals surface area (Å²) in [4.78, 5) is 34.8. The predicted molar refractivity (Wildman–Crippen MR) is 164 cm³/mol. The van der Waals surface area contributed by atoms with Gasteiger partial charge >= 0.3 is 15.5 Å². The first-order valence-corrected chi connectivity index (χ1v) is 17.6. The zero-order chi connectivity index (χ0) is 32.7. The molecule has 19 nitrogen and oxygen atoms in total. The van der Waals surface area contributed by atoms with Gasteiger partial charge in [0.2, 0.25) is 5.95 Å². The van der Waals surface area contributed by atoms with Crippen LogP contribution in [0.1, 0.15) is 18.9 Å². The normalized spacial score (nSPS) is 29.7. The van der Waals surface area contributed by atoms with Crippen LogP contribution in [0.2, 0.25) is 0 Å². The van der Waals surface area contributed by atoms with Crippen molar-refractivity contribution in [1.82, 2.24) is 39.0 Å². The molecule has 24 heteroatoms. The maximum Gasteiger partial charge on any atom is 0.386 e. The Morgan fingerprint density at radius 2 is 1.80 bits per heavy atom. The van der Waals surface area contributed by atoms with Crippen LogP contribution in [-0.4, -0.2) is 93.7 Å². The van der Waals surface area contributed by atoms with E-state index in [1.807, 2.05) is 0 Å². The molecule has 4 aromatic heterocycles. The van der Waals surface area contributed by atoms with Gasteiger partial charge < -0.3 is 26.0 Å². The molecule has 6 rings (SSSR count). The van der Waals surface area contributed by atoms with E-state index in [9.17, 15) is 19.0 Å². The Hall–Kier alpha value is -2.78. The Morgan fingerprint density at radius 3 is 2.54 bits per heavy atom. The van der Waals surface area contributed by atoms with Crippen molar-refractivity contribution in [2.24, 2.45) is 5.92 Å². The molecule has 0 amide bonds. The molecule has 9 atom stereocenters. The highest BCUT2D eigenvalue weighted by Gasteiger charge is 2.51. The molecular weight excluding hydrogens is 693 g/mol. The maximum atomic E-state index is 16.0. The standard InChI is InChI=1S/C22H27FN10O9P2S2/c23-11-15(10(3-38-43-36)41-21(11)33-7-29-13-18(33)30-22(25)31-19(13)35)42-44(37,46)39-4-9-14(34)8(1-2-45)20(40-9)32-6-28-12-16(24)26-5-27-17(12)32/h5-11,14-15,20-21,34,45H,1-4H2,(H,37,46)(H2,24,26,27)(H3,25,30,31,35)/t8-,9-,10-,11-,14+,15-,20-,21-,44?/m1/s1. The van der Waals surface area contributed by atoms with E-state index < -0.39 is 83.2 Å². The van der Waals surface area contributed by atoms with Crippen molar-refractivity contribution in [3.05, 3.63) is 29.3 Å². The number of halogens is 1. The fourth-order valence-electron chi connectivity index (χ4n) is 5.50. The van der Waals surface area contributed by atoms with Gasteiger partial charge in [0.05, 0.1) is 32.0 Å². The van der Waals surface area contributed by atoms with Crippen LogP contribution < -0.4 is 17.0 Å². The summed E-state index contributed by atoms with van der Waals surface area (Å²) in [5.41, 5.74) is 11.4. The third-order valence-electron chi connectivity index (χ3n) is 7.56. The van der Waals surface area contributed by atoms with Crippen molar-refractivity contribution >= 4 is 74.5 Å². The number of alkyl halides is 1. The molecule has 2 aliphatic rings. The zero-order valence-electron chi connectivity index (χ0n) is 23.3. The van der Waals surface area contributed by atoms with E-state index in [0.717, 1.165) is 10.9 Å². The van der Waals surface area contributed by atoms with Gasteiger partial charge in [0.1, 0.15) is 36.4 Å². The molecule has 1 unspecified atom stereocenters. The van der Waals surface area contributed by atoms with Crippen molar-refractivity contribution < 1.29 is 41.7 Å². The summed E-state index contributed by atoms with van der Waals surface area (Å²) in [6.07, 6.45) is -5.14. The minimum absolute atomic E-state index is 0.0843. The number of hydrogen-bond acceptors (Lipinski definition) is 17. The van der Waals surface area contributed by atoms with Gasteiger partial charge in [-0.15, -0.1) is 0 Å². The number of thiol groups is 2. The second kappa shape index (κ2) is 13.4. The Bertz CT molecular complexity index is 1850. The second-order valence-corrected chi connectivity index (χ2v) is 14.0. The molecular formula is C22H27FN10O9P2S2. The number of aromatic amines is 1. The van der Waals surface area contributed by atoms with Crippen LogP contribution in [0, 0.1) is 5.92 Å². The van der Waals surface area contributed by atoms with Crippen molar-refractivity contribution in [1.29, 1.82) is 0 Å². The lowest BCUT2D eigenvalue weighted by Crippen LogP contribution is -2.34. The number of aliphatic hydroxyl groups excluding tert-OH is 1. The number of fused-ring (bicyclic) bond motifs is 2. The van der Waals surface area contributed by atoms with Crippen LogP contribution in [0.25, 0.3) is 22.3 Å². The van der Waals surface area contributed by atoms with Crippen LogP contribution in [0.5, 0.6) is 0 Å². The summed E-state index contributed by atoms with van der Waals surface area (Å²) in [5, 5.41) is 11.1. The molecule has 2 aliphatic heterocycles. The number of aromatic nitrogens is 8. The first-order valence-electron chi connectivity index (χ1n) is 13.5. The number of H-pyrrole nitrogens is 1. The first kappa shape index (κ1) is 33.1. The third kappa shape index (κ3) is 6.26. The molecule has 4 aromatic rings. The Labute approximate surface area is 269 Å². The van der Waals surface area contributed by atoms with E-state index in [4.69, 9.17) is 34.5 Å². The minimum atomic E-state index is -4.39. The number of nitrogen functional groups attached to an aromatic ring is 2. The highest BCUT2D eigenvalue weighted by molar-refractivity contribution is 8.44. The molecule has 0 radical (unpaired) electrons. The fourth-order valence-corrected chi connectivity index (χ4v) is 7.48. The predicted octanol–water partition coefficient (Wildman–Crippen LogP) is 1.22. The van der Waals surface area contributed by atoms with E-state index >= 15 is 4.39 Å². The lowest BCUT2D eigenvalue weighted by Gasteiger charge is -2.24. The highest BCUT2D eigenvalue weighted by Crippen LogP contribution is 2.57. The molecule has 6 heterocycles. The van der Waals surface area contributed by atoms with Crippen molar-refractivity contribution in [2.45, 2.75) is 49.5 Å². The molecule has 46 heavy (non-hydrogen) atoms. The van der Waals surface area contributed by atoms with Crippen molar-refractivity contribution in [3.63, 3.8) is 0 Å². The summed E-state index contributed by atoms with van der Waals surface area (Å²) < 4.78 is 70.8. The second-order valence-electron chi connectivity index (χ2n) is 10.3. The number of nitrogens with one attached hydrogen (secondary N) is 1. The largest absolute Gasteiger partial charge is 0.390 e. The van der Waals surface area contributed by atoms with Gasteiger partial charge in [-0.3, -0.25) is 32.5 Å². The molecule has 0 bridgehead atoms. The van der Waals surface area contributed by atoms with Crippen LogP contribution in [-0.2, 0) is 32.2 Å². The number of ether oxygens (including phenoxy) is 2. The van der Waals surface area contributed by atoms with Gasteiger partial charge in [-0.25, -0.2) is 33.5 Å². The first-order chi connectivity index (χ1) is 22.0. The maximum absolute atomic E-state index is 16.0. The average molecular weight is 721 g/mol. The van der Waals surface area contributed by atoms with E-state index in [1.165, 1.54) is 12.7 Å². The number of imidazole rings is 2. The quantitative estimate of drug-likeness (QED) is 0.0888. The van der Waals surface area contributed by atoms with Crippen LogP contribution in [0.3, 0.4) is 0 Å². The smallest absolute Gasteiger partial charge is 0.386 e. The summed E-state index contributed by atoms with van der Waals surface area (Å²) in [6.45, 7) is -5.32. The molecule has 6 N–H and O–H groups in total. The number of anilines is 2. The molecule has 2 saturated heterocycles. The monoisotopic (exact) mass is 720 g/mol. The van der Waals surface area contributed by atoms with Gasteiger partial charge in [0.25, 0.3) is 5.56 Å². The van der Waals surface area contributed by atoms with E-state index in [2.05, 4.69) is 54.8 Å². The van der Waals surface area contributed by atoms with Gasteiger partial charge in [-0.1, -0.05) is 12.2 Å². The SMILES string of the molecule is Nc1nc2c(ncn2[C@@H]2O[C@H](COP=O)[C@@H](OP(=O)(S)OC[C@H]3O[C@@H](n4cnc5c(N)ncnc54)[C@H](CCS)[C@@H]3O)[C@H]2F)c(=O)[nH]1. The van der Waals surface area contributed by atoms with Crippen molar-refractivity contribution in [3.8, 4) is 0 Å². The van der Waals surface area contributed by atoms with Gasteiger partial charge in [-0.05, 0) is 12.2 Å². The summed E-state index contributed by atoms with van der Waals surface area (Å²) in [7, 11) is -0.729. The topological polar surface area (TPSA) is 260 Å². The summed E-state index contributed by atoms with van der Waals surface area (Å²) >= 11 is 8.33. The molecule has 0 aliphatic carbocycles. The number of nitrogens with two attached hydrogens (primary N) is 2. The molecule has 248 valence electrons. The number of rotatable bonds is 12. The lowest BCUT2D eigenvalue weighted by molar-refractivity contribution is -0.0471. The van der Waals surface area contributed by atoms with E-state index in [-0.39, 0.29) is 22.9 Å². The Morgan fingerprint density at radius 1 is 1.09 bits per heavy atom. The molecule has 0 saturated carbocycles. The van der Waals surface area contributed by atoms with Crippen LogP contribution >= 0.6 is 40.4 Å². The lowest BCUT2D eigenvalue weighted by atomic mass is 9.97. The average Bonchev–Trinajstić information content (AvgIpc) is 3.77. The van der Waals surface area contributed by atoms with Crippen molar-refractivity contribution in [2.75, 3.05) is 30.4 Å². The van der Waals surface area contributed by atoms with Crippen LogP contribution in [0.4, 0.5) is 16.2 Å². The number of hydrogen-bond donors (Lipinski definition) is 6. The minimum Gasteiger partial charge on any atom is -0.390 e. The van der Waals surface area contributed by atoms with Gasteiger partial charge in [0.15, 0.2) is 35.0 Å². The van der Waals surface area contributed by atoms with Gasteiger partial charge in [0, 0.05) is 5.92 Å². The van der Waals surface area contributed by atoms with Crippen LogP contribution in [0.15, 0.2) is 23.8 Å². The Balaban J connectivity index is 1.18. The number of aliphatic hydroxyl groups is 1. The molecule has 0 spiro atoms. The Kier molecular flexibility index (Phi) is 9.64. The number of nitrogens with zero attached hydrogens (tertiary/aromatic N) is 7. The van der Waals surface area contributed by atoms with Gasteiger partial charge in [-0.2, -0.15) is 17.6 Å². The highest BCUT2D eigenvalue weighted by atomic mass is 32.7. The summed E-state index contributed by atoms with van der Waals surface area (Å²) in [6, 6.07) is 0. The summed E-state index contributed by atoms with van der Waals surface area (Å²) in [5.74, 6) is -0.179.